The van der Waals surface area contributed by atoms with Gasteiger partial charge in [-0.3, -0.25) is 4.79 Å². The summed E-state index contributed by atoms with van der Waals surface area (Å²) in [7, 11) is 1.48. The Balaban J connectivity index is 1.70. The zero-order valence-corrected chi connectivity index (χ0v) is 13.3. The lowest BCUT2D eigenvalue weighted by Gasteiger charge is -2.07. The van der Waals surface area contributed by atoms with Crippen molar-refractivity contribution in [1.82, 2.24) is 10.5 Å². The number of ether oxygens (including phenoxy) is 1. The highest BCUT2D eigenvalue weighted by Gasteiger charge is 2.14. The molecule has 1 amide bonds. The van der Waals surface area contributed by atoms with Gasteiger partial charge in [-0.05, 0) is 24.3 Å². The normalized spacial score (nSPS) is 10.5. The molecule has 2 aromatic carbocycles. The second-order valence-corrected chi connectivity index (χ2v) is 5.19. The maximum atomic E-state index is 13.8. The minimum Gasteiger partial charge on any atom is -0.496 e. The summed E-state index contributed by atoms with van der Waals surface area (Å²) in [5.41, 5.74) is 0.886. The highest BCUT2D eigenvalue weighted by atomic mass is 19.1. The van der Waals surface area contributed by atoms with Crippen molar-refractivity contribution in [3.63, 3.8) is 0 Å². The van der Waals surface area contributed by atoms with E-state index < -0.39 is 11.6 Å². The average molecular weight is 344 g/mol. The number of aromatic nitrogens is 1. The minimum absolute atomic E-state index is 0.0865. The molecule has 0 fully saturated rings. The van der Waals surface area contributed by atoms with Gasteiger partial charge in [-0.1, -0.05) is 17.3 Å². The monoisotopic (exact) mass is 344 g/mol. The first-order chi connectivity index (χ1) is 12.1. The molecule has 1 aromatic heterocycles. The first-order valence-electron chi connectivity index (χ1n) is 7.40. The molecule has 3 rings (SSSR count). The Morgan fingerprint density at radius 2 is 2.00 bits per heavy atom. The third-order valence-electron chi connectivity index (χ3n) is 3.54. The van der Waals surface area contributed by atoms with Crippen LogP contribution >= 0.6 is 0 Å². The van der Waals surface area contributed by atoms with Crippen molar-refractivity contribution in [3.05, 3.63) is 71.4 Å². The molecule has 0 radical (unpaired) electrons. The Kier molecular flexibility index (Phi) is 4.74. The molecule has 0 atom stereocenters. The molecule has 0 unspecified atom stereocenters. The molecule has 0 saturated carbocycles. The van der Waals surface area contributed by atoms with Crippen molar-refractivity contribution in [2.45, 2.75) is 6.54 Å². The number of amides is 1. The molecule has 3 aromatic rings. The van der Waals surface area contributed by atoms with E-state index in [1.54, 1.807) is 24.3 Å². The van der Waals surface area contributed by atoms with Crippen LogP contribution in [0, 0.1) is 11.6 Å². The van der Waals surface area contributed by atoms with Gasteiger partial charge in [0.25, 0.3) is 5.91 Å². The van der Waals surface area contributed by atoms with E-state index in [9.17, 15) is 13.6 Å². The number of nitrogens with zero attached hydrogens (tertiary/aromatic N) is 1. The van der Waals surface area contributed by atoms with Gasteiger partial charge in [0, 0.05) is 12.1 Å². The summed E-state index contributed by atoms with van der Waals surface area (Å²) in [4.78, 5) is 12.2. The van der Waals surface area contributed by atoms with Crippen LogP contribution in [0.1, 0.15) is 16.1 Å². The topological polar surface area (TPSA) is 64.4 Å². The largest absolute Gasteiger partial charge is 0.496 e. The van der Waals surface area contributed by atoms with E-state index in [2.05, 4.69) is 10.5 Å². The fourth-order valence-electron chi connectivity index (χ4n) is 2.31. The van der Waals surface area contributed by atoms with Crippen LogP contribution < -0.4 is 10.1 Å². The van der Waals surface area contributed by atoms with Crippen molar-refractivity contribution in [1.29, 1.82) is 0 Å². The fraction of sp³-hybridized carbons (Fsp3) is 0.111. The number of hydrogen-bond acceptors (Lipinski definition) is 4. The van der Waals surface area contributed by atoms with Crippen molar-refractivity contribution >= 4 is 5.91 Å². The number of hydrogen-bond donors (Lipinski definition) is 1. The number of halogens is 2. The Morgan fingerprint density at radius 3 is 2.76 bits per heavy atom. The highest BCUT2D eigenvalue weighted by Crippen LogP contribution is 2.24. The van der Waals surface area contributed by atoms with Crippen molar-refractivity contribution in [2.75, 3.05) is 7.11 Å². The predicted octanol–water partition coefficient (Wildman–Crippen LogP) is 3.56. The van der Waals surface area contributed by atoms with Crippen LogP contribution in [0.4, 0.5) is 8.78 Å². The van der Waals surface area contributed by atoms with Crippen LogP contribution in [0.5, 0.6) is 5.75 Å². The van der Waals surface area contributed by atoms with Crippen LogP contribution in [0.3, 0.4) is 0 Å². The van der Waals surface area contributed by atoms with Crippen LogP contribution in [-0.4, -0.2) is 18.2 Å². The van der Waals surface area contributed by atoms with Crippen LogP contribution in [0.15, 0.2) is 53.1 Å². The summed E-state index contributed by atoms with van der Waals surface area (Å²) in [6, 6.07) is 11.4. The smallest absolute Gasteiger partial charge is 0.255 e. The van der Waals surface area contributed by atoms with Gasteiger partial charge in [-0.15, -0.1) is 0 Å². The second kappa shape index (κ2) is 7.12. The van der Waals surface area contributed by atoms with Crippen molar-refractivity contribution in [2.24, 2.45) is 0 Å². The molecule has 5 nitrogen and oxygen atoms in total. The number of nitrogens with one attached hydrogen (secondary N) is 1. The molecule has 0 aliphatic heterocycles. The van der Waals surface area contributed by atoms with Gasteiger partial charge < -0.3 is 14.6 Å². The maximum absolute atomic E-state index is 13.8. The van der Waals surface area contributed by atoms with E-state index in [0.717, 1.165) is 12.1 Å². The number of benzene rings is 2. The van der Waals surface area contributed by atoms with E-state index in [4.69, 9.17) is 9.26 Å². The van der Waals surface area contributed by atoms with Gasteiger partial charge in [0.2, 0.25) is 0 Å². The molecule has 1 heterocycles. The number of carbonyl (C=O) groups excluding carboxylic acids is 1. The van der Waals surface area contributed by atoms with Gasteiger partial charge >= 0.3 is 0 Å². The van der Waals surface area contributed by atoms with Crippen LogP contribution in [-0.2, 0) is 6.54 Å². The summed E-state index contributed by atoms with van der Waals surface area (Å²) < 4.78 is 36.9. The zero-order valence-electron chi connectivity index (χ0n) is 13.3. The SMILES string of the molecule is COc1ccccc1C(=O)NCc1cc(-c2ccc(F)cc2F)on1. The molecule has 25 heavy (non-hydrogen) atoms. The predicted molar refractivity (Wildman–Crippen MR) is 86.0 cm³/mol. The molecule has 128 valence electrons. The molecular formula is C18H14F2N2O3. The first-order valence-corrected chi connectivity index (χ1v) is 7.40. The highest BCUT2D eigenvalue weighted by molar-refractivity contribution is 5.96. The quantitative estimate of drug-likeness (QED) is 0.769. The van der Waals surface area contributed by atoms with Gasteiger partial charge in [0.05, 0.1) is 24.8 Å². The zero-order chi connectivity index (χ0) is 17.8. The van der Waals surface area contributed by atoms with Gasteiger partial charge in [-0.25, -0.2) is 8.78 Å². The van der Waals surface area contributed by atoms with Gasteiger partial charge in [-0.2, -0.15) is 0 Å². The number of methoxy groups -OCH3 is 1. The van der Waals surface area contributed by atoms with E-state index in [1.165, 1.54) is 19.2 Å². The fourth-order valence-corrected chi connectivity index (χ4v) is 2.31. The van der Waals surface area contributed by atoms with Crippen LogP contribution in [0.2, 0.25) is 0 Å². The molecule has 0 spiro atoms. The molecule has 0 aliphatic rings. The molecule has 1 N–H and O–H groups in total. The summed E-state index contributed by atoms with van der Waals surface area (Å²) in [5, 5.41) is 6.47. The standard InChI is InChI=1S/C18H14F2N2O3/c1-24-16-5-3-2-4-14(16)18(23)21-10-12-9-17(25-22-12)13-7-6-11(19)8-15(13)20/h2-9H,10H2,1H3,(H,21,23). The van der Waals surface area contributed by atoms with E-state index in [0.29, 0.717) is 17.0 Å². The lowest BCUT2D eigenvalue weighted by Crippen LogP contribution is -2.23. The Morgan fingerprint density at radius 1 is 1.20 bits per heavy atom. The minimum atomic E-state index is -0.749. The molecule has 7 heteroatoms. The third kappa shape index (κ3) is 3.65. The number of para-hydroxylation sites is 1. The number of rotatable bonds is 5. The molecular weight excluding hydrogens is 330 g/mol. The molecule has 0 saturated heterocycles. The Hall–Kier alpha value is -3.22. The molecule has 0 aliphatic carbocycles. The summed E-state index contributed by atoms with van der Waals surface area (Å²) in [6.45, 7) is 0.0865. The van der Waals surface area contributed by atoms with Crippen LogP contribution in [0.25, 0.3) is 11.3 Å². The van der Waals surface area contributed by atoms with E-state index >= 15 is 0 Å². The number of carbonyl (C=O) groups is 1. The van der Waals surface area contributed by atoms with Crippen molar-refractivity contribution in [3.8, 4) is 17.1 Å². The maximum Gasteiger partial charge on any atom is 0.255 e. The van der Waals surface area contributed by atoms with E-state index in [-0.39, 0.29) is 23.8 Å². The van der Waals surface area contributed by atoms with Gasteiger partial charge in [0.15, 0.2) is 5.76 Å². The van der Waals surface area contributed by atoms with Crippen molar-refractivity contribution < 1.29 is 22.8 Å². The van der Waals surface area contributed by atoms with Gasteiger partial charge in [0.1, 0.15) is 23.1 Å². The third-order valence-corrected chi connectivity index (χ3v) is 3.54. The summed E-state index contributed by atoms with van der Waals surface area (Å²) in [6.07, 6.45) is 0. The molecule has 0 bridgehead atoms. The summed E-state index contributed by atoms with van der Waals surface area (Å²) in [5.74, 6) is -1.16. The van der Waals surface area contributed by atoms with E-state index in [1.807, 2.05) is 0 Å². The Labute approximate surface area is 142 Å². The lowest BCUT2D eigenvalue weighted by molar-refractivity contribution is 0.0947. The first kappa shape index (κ1) is 16.6. The lowest BCUT2D eigenvalue weighted by atomic mass is 10.1. The second-order valence-electron chi connectivity index (χ2n) is 5.19. The Bertz CT molecular complexity index is 909. The average Bonchev–Trinajstić information content (AvgIpc) is 3.08. The summed E-state index contributed by atoms with van der Waals surface area (Å²) >= 11 is 0.